The molecule has 1 aromatic carbocycles. The highest BCUT2D eigenvalue weighted by Crippen LogP contribution is 2.17. The highest BCUT2D eigenvalue weighted by atomic mass is 16.4. The van der Waals surface area contributed by atoms with E-state index in [1.54, 1.807) is 26.0 Å². The summed E-state index contributed by atoms with van der Waals surface area (Å²) in [5, 5.41) is 23.2. The number of oxime groups is 1. The minimum absolute atomic E-state index is 0.0501. The number of aryl methyl sites for hydroxylation is 1. The summed E-state index contributed by atoms with van der Waals surface area (Å²) in [4.78, 5) is 11.7. The van der Waals surface area contributed by atoms with Gasteiger partial charge in [0.15, 0.2) is 5.84 Å². The fourth-order valence-electron chi connectivity index (χ4n) is 1.19. The molecule has 92 valence electrons. The maximum absolute atomic E-state index is 11.7. The largest absolute Gasteiger partial charge is 0.508 e. The van der Waals surface area contributed by atoms with Crippen LogP contribution in [0.15, 0.2) is 23.4 Å². The molecule has 0 aliphatic carbocycles. The second-order valence-electron chi connectivity index (χ2n) is 3.72. The van der Waals surface area contributed by atoms with Crippen molar-refractivity contribution in [3.8, 4) is 5.75 Å². The molecule has 5 N–H and O–H groups in total. The predicted molar refractivity (Wildman–Crippen MR) is 63.2 cm³/mol. The molecule has 1 aromatic rings. The van der Waals surface area contributed by atoms with Gasteiger partial charge in [0.1, 0.15) is 5.75 Å². The topological polar surface area (TPSA) is 108 Å². The average molecular weight is 237 g/mol. The van der Waals surface area contributed by atoms with Gasteiger partial charge in [0.05, 0.1) is 6.04 Å². The van der Waals surface area contributed by atoms with Gasteiger partial charge in [-0.25, -0.2) is 0 Å². The molecular weight excluding hydrogens is 222 g/mol. The molecule has 1 amide bonds. The molecule has 0 saturated heterocycles. The van der Waals surface area contributed by atoms with E-state index in [2.05, 4.69) is 10.5 Å². The van der Waals surface area contributed by atoms with Gasteiger partial charge in [0.25, 0.3) is 5.91 Å². The van der Waals surface area contributed by atoms with Gasteiger partial charge in [-0.1, -0.05) is 11.2 Å². The molecule has 17 heavy (non-hydrogen) atoms. The third-order valence-electron chi connectivity index (χ3n) is 2.38. The summed E-state index contributed by atoms with van der Waals surface area (Å²) in [6.45, 7) is 3.32. The molecule has 1 atom stereocenters. The van der Waals surface area contributed by atoms with E-state index in [0.29, 0.717) is 11.1 Å². The molecule has 0 aliphatic heterocycles. The van der Waals surface area contributed by atoms with E-state index in [-0.39, 0.29) is 11.6 Å². The van der Waals surface area contributed by atoms with Gasteiger partial charge >= 0.3 is 0 Å². The zero-order valence-electron chi connectivity index (χ0n) is 9.64. The lowest BCUT2D eigenvalue weighted by Gasteiger charge is -2.12. The van der Waals surface area contributed by atoms with Crippen molar-refractivity contribution in [2.75, 3.05) is 0 Å². The normalized spacial score (nSPS) is 13.2. The van der Waals surface area contributed by atoms with E-state index >= 15 is 0 Å². The van der Waals surface area contributed by atoms with E-state index in [1.807, 2.05) is 0 Å². The first-order valence-electron chi connectivity index (χ1n) is 5.03. The number of nitrogens with two attached hydrogens (primary N) is 1. The number of nitrogens with one attached hydrogen (secondary N) is 1. The summed E-state index contributed by atoms with van der Waals surface area (Å²) < 4.78 is 0. The molecule has 0 aliphatic rings. The Morgan fingerprint density at radius 3 is 2.71 bits per heavy atom. The highest BCUT2D eigenvalue weighted by molar-refractivity contribution is 5.98. The number of rotatable bonds is 3. The number of benzene rings is 1. The molecule has 1 rings (SSSR count). The van der Waals surface area contributed by atoms with Crippen LogP contribution in [0, 0.1) is 6.92 Å². The van der Waals surface area contributed by atoms with Crippen molar-refractivity contribution in [2.45, 2.75) is 19.9 Å². The van der Waals surface area contributed by atoms with Gasteiger partial charge in [0, 0.05) is 5.56 Å². The van der Waals surface area contributed by atoms with E-state index in [1.165, 1.54) is 6.07 Å². The van der Waals surface area contributed by atoms with E-state index < -0.39 is 11.9 Å². The summed E-state index contributed by atoms with van der Waals surface area (Å²) in [7, 11) is 0. The number of nitrogens with zero attached hydrogens (tertiary/aromatic N) is 1. The molecule has 0 fully saturated rings. The van der Waals surface area contributed by atoms with Gasteiger partial charge < -0.3 is 21.4 Å². The van der Waals surface area contributed by atoms with Crippen molar-refractivity contribution in [2.24, 2.45) is 10.9 Å². The van der Waals surface area contributed by atoms with E-state index in [0.717, 1.165) is 0 Å². The van der Waals surface area contributed by atoms with Crippen LogP contribution in [0.1, 0.15) is 22.8 Å². The molecule has 0 aromatic heterocycles. The summed E-state index contributed by atoms with van der Waals surface area (Å²) in [6.07, 6.45) is 0. The Balaban J connectivity index is 2.80. The monoisotopic (exact) mass is 237 g/mol. The zero-order valence-corrected chi connectivity index (χ0v) is 9.64. The number of hydrogen-bond acceptors (Lipinski definition) is 4. The Labute approximate surface area is 98.7 Å². The number of carbonyl (C=O) groups is 1. The average Bonchev–Trinajstić information content (AvgIpc) is 2.31. The molecule has 0 saturated carbocycles. The summed E-state index contributed by atoms with van der Waals surface area (Å²) in [5.74, 6) is -0.441. The van der Waals surface area contributed by atoms with Crippen molar-refractivity contribution in [1.29, 1.82) is 0 Å². The Morgan fingerprint density at radius 1 is 1.53 bits per heavy atom. The van der Waals surface area contributed by atoms with Crippen molar-refractivity contribution in [1.82, 2.24) is 5.32 Å². The Kier molecular flexibility index (Phi) is 3.92. The molecule has 0 radical (unpaired) electrons. The number of phenols is 1. The van der Waals surface area contributed by atoms with Gasteiger partial charge in [-0.05, 0) is 31.5 Å². The van der Waals surface area contributed by atoms with Gasteiger partial charge in [-0.3, -0.25) is 4.79 Å². The van der Waals surface area contributed by atoms with Crippen LogP contribution in [0.25, 0.3) is 0 Å². The number of aromatic hydroxyl groups is 1. The Morgan fingerprint density at radius 2 is 2.18 bits per heavy atom. The van der Waals surface area contributed by atoms with Crippen LogP contribution in [0.5, 0.6) is 5.75 Å². The quantitative estimate of drug-likeness (QED) is 0.266. The van der Waals surface area contributed by atoms with Crippen molar-refractivity contribution in [3.63, 3.8) is 0 Å². The fourth-order valence-corrected chi connectivity index (χ4v) is 1.19. The minimum Gasteiger partial charge on any atom is -0.508 e. The maximum atomic E-state index is 11.7. The fraction of sp³-hybridized carbons (Fsp3) is 0.273. The van der Waals surface area contributed by atoms with Crippen LogP contribution in [0.2, 0.25) is 0 Å². The lowest BCUT2D eigenvalue weighted by atomic mass is 10.1. The van der Waals surface area contributed by atoms with Crippen molar-refractivity contribution < 1.29 is 15.1 Å². The number of hydrogen-bond donors (Lipinski definition) is 4. The van der Waals surface area contributed by atoms with Crippen LogP contribution < -0.4 is 11.1 Å². The molecule has 0 heterocycles. The van der Waals surface area contributed by atoms with Crippen molar-refractivity contribution in [3.05, 3.63) is 29.3 Å². The van der Waals surface area contributed by atoms with Crippen LogP contribution in [0.4, 0.5) is 0 Å². The van der Waals surface area contributed by atoms with Gasteiger partial charge in [-0.2, -0.15) is 0 Å². The summed E-state index contributed by atoms with van der Waals surface area (Å²) in [6, 6.07) is 4.00. The summed E-state index contributed by atoms with van der Waals surface area (Å²) >= 11 is 0. The van der Waals surface area contributed by atoms with E-state index in [4.69, 9.17) is 10.9 Å². The van der Waals surface area contributed by atoms with Crippen LogP contribution in [-0.2, 0) is 0 Å². The molecule has 6 heteroatoms. The molecular formula is C11H15N3O3. The Bertz CT molecular complexity index is 457. The third kappa shape index (κ3) is 3.10. The second kappa shape index (κ2) is 5.20. The zero-order chi connectivity index (χ0) is 13.0. The van der Waals surface area contributed by atoms with Crippen molar-refractivity contribution >= 4 is 11.7 Å². The molecule has 0 spiro atoms. The number of phenolic OH excluding ortho intramolecular Hbond substituents is 1. The summed E-state index contributed by atoms with van der Waals surface area (Å²) in [5.41, 5.74) is 6.33. The first-order chi connectivity index (χ1) is 7.95. The molecule has 6 nitrogen and oxygen atoms in total. The first kappa shape index (κ1) is 12.8. The molecule has 0 bridgehead atoms. The third-order valence-corrected chi connectivity index (χ3v) is 2.38. The second-order valence-corrected chi connectivity index (χ2v) is 3.72. The number of amides is 1. The lowest BCUT2D eigenvalue weighted by Crippen LogP contribution is -2.42. The molecule has 1 unspecified atom stereocenters. The number of amidine groups is 1. The SMILES string of the molecule is Cc1ccc(C(=O)NC(C)/C(N)=N/O)cc1O. The lowest BCUT2D eigenvalue weighted by molar-refractivity contribution is 0.0948. The smallest absolute Gasteiger partial charge is 0.251 e. The van der Waals surface area contributed by atoms with Crippen LogP contribution >= 0.6 is 0 Å². The first-order valence-corrected chi connectivity index (χ1v) is 5.03. The van der Waals surface area contributed by atoms with Crippen LogP contribution in [-0.4, -0.2) is 28.1 Å². The maximum Gasteiger partial charge on any atom is 0.251 e. The highest BCUT2D eigenvalue weighted by Gasteiger charge is 2.13. The standard InChI is InChI=1S/C11H15N3O3/c1-6-3-4-8(5-9(6)15)11(16)13-7(2)10(12)14-17/h3-5,7,15,17H,1-2H3,(H2,12,14)(H,13,16). The Hall–Kier alpha value is -2.24. The van der Waals surface area contributed by atoms with Gasteiger partial charge in [-0.15, -0.1) is 0 Å². The number of carbonyl (C=O) groups excluding carboxylic acids is 1. The minimum atomic E-state index is -0.587. The van der Waals surface area contributed by atoms with E-state index in [9.17, 15) is 9.90 Å². The predicted octanol–water partition coefficient (Wildman–Crippen LogP) is 0.565. The van der Waals surface area contributed by atoms with Gasteiger partial charge in [0.2, 0.25) is 0 Å². The van der Waals surface area contributed by atoms with Crippen LogP contribution in [0.3, 0.4) is 0 Å².